The Morgan fingerprint density at radius 2 is 2.27 bits per heavy atom. The molecule has 146 valence electrons. The molecule has 3 heterocycles. The number of carbonyl (C=O) groups is 1. The lowest BCUT2D eigenvalue weighted by Gasteiger charge is -2.35. The zero-order valence-electron chi connectivity index (χ0n) is 15.3. The fraction of sp³-hybridized carbons (Fsp3) is 0.688. The molecule has 0 bridgehead atoms. The van der Waals surface area contributed by atoms with Crippen molar-refractivity contribution in [2.75, 3.05) is 57.4 Å². The van der Waals surface area contributed by atoms with Crippen molar-refractivity contribution < 1.29 is 14.3 Å². The minimum atomic E-state index is -0.0187. The first kappa shape index (κ1) is 20.9. The van der Waals surface area contributed by atoms with E-state index in [9.17, 15) is 4.79 Å². The van der Waals surface area contributed by atoms with Crippen LogP contribution in [0.5, 0.6) is 0 Å². The quantitative estimate of drug-likeness (QED) is 0.375. The number of hydrogen-bond donors (Lipinski definition) is 1. The second kappa shape index (κ2) is 10.1. The van der Waals surface area contributed by atoms with E-state index in [1.165, 1.54) is 0 Å². The SMILES string of the molecule is CCNC(=NCC1COCCO1)N1CCN(c2cnn(C)c2)C(=O)C1.I. The van der Waals surface area contributed by atoms with E-state index in [4.69, 9.17) is 9.47 Å². The number of amides is 1. The average Bonchev–Trinajstić information content (AvgIpc) is 3.05. The van der Waals surface area contributed by atoms with Crippen molar-refractivity contribution in [2.45, 2.75) is 13.0 Å². The standard InChI is InChI=1S/C16H26N6O3.HI/c1-3-17-16(18-9-14-12-24-6-7-25-14)21-4-5-22(15(23)11-21)13-8-19-20(2)10-13;/h8,10,14H,3-7,9,11-12H2,1-2H3,(H,17,18);1H. The van der Waals surface area contributed by atoms with Gasteiger partial charge >= 0.3 is 0 Å². The molecule has 0 spiro atoms. The van der Waals surface area contributed by atoms with Crippen LogP contribution in [-0.2, 0) is 21.3 Å². The number of anilines is 1. The van der Waals surface area contributed by atoms with E-state index >= 15 is 0 Å². The Bertz CT molecular complexity index is 617. The van der Waals surface area contributed by atoms with E-state index in [-0.39, 0.29) is 36.0 Å². The summed E-state index contributed by atoms with van der Waals surface area (Å²) in [6.07, 6.45) is 3.55. The van der Waals surface area contributed by atoms with Gasteiger partial charge in [0.1, 0.15) is 12.6 Å². The second-order valence-electron chi connectivity index (χ2n) is 6.10. The first-order valence-electron chi connectivity index (χ1n) is 8.69. The Labute approximate surface area is 170 Å². The fourth-order valence-corrected chi connectivity index (χ4v) is 2.93. The normalized spacial score (nSPS) is 21.5. The number of aromatic nitrogens is 2. The molecule has 26 heavy (non-hydrogen) atoms. The summed E-state index contributed by atoms with van der Waals surface area (Å²) < 4.78 is 12.7. The van der Waals surface area contributed by atoms with Gasteiger partial charge in [-0.2, -0.15) is 5.10 Å². The minimum Gasteiger partial charge on any atom is -0.376 e. The molecule has 10 heteroatoms. The van der Waals surface area contributed by atoms with Gasteiger partial charge in [-0.15, -0.1) is 24.0 Å². The van der Waals surface area contributed by atoms with E-state index in [1.807, 2.05) is 25.1 Å². The van der Waals surface area contributed by atoms with Crippen LogP contribution < -0.4 is 10.2 Å². The van der Waals surface area contributed by atoms with Gasteiger partial charge in [0.25, 0.3) is 0 Å². The maximum Gasteiger partial charge on any atom is 0.246 e. The average molecular weight is 478 g/mol. The van der Waals surface area contributed by atoms with Gasteiger partial charge < -0.3 is 24.6 Å². The monoisotopic (exact) mass is 478 g/mol. The maximum absolute atomic E-state index is 12.5. The van der Waals surface area contributed by atoms with Gasteiger partial charge in [-0.05, 0) is 6.92 Å². The van der Waals surface area contributed by atoms with E-state index in [1.54, 1.807) is 15.8 Å². The molecule has 2 fully saturated rings. The Hall–Kier alpha value is -1.40. The smallest absolute Gasteiger partial charge is 0.246 e. The summed E-state index contributed by atoms with van der Waals surface area (Å²) in [5, 5.41) is 7.40. The molecule has 1 N–H and O–H groups in total. The topological polar surface area (TPSA) is 84.2 Å². The first-order chi connectivity index (χ1) is 12.2. The van der Waals surface area contributed by atoms with Crippen molar-refractivity contribution in [3.05, 3.63) is 12.4 Å². The van der Waals surface area contributed by atoms with Gasteiger partial charge in [-0.3, -0.25) is 14.5 Å². The summed E-state index contributed by atoms with van der Waals surface area (Å²) >= 11 is 0. The van der Waals surface area contributed by atoms with Crippen LogP contribution in [0.2, 0.25) is 0 Å². The molecule has 9 nitrogen and oxygen atoms in total. The number of guanidine groups is 1. The molecule has 0 saturated carbocycles. The van der Waals surface area contributed by atoms with Crippen molar-refractivity contribution in [2.24, 2.45) is 12.0 Å². The number of nitrogens with zero attached hydrogens (tertiary/aromatic N) is 5. The lowest BCUT2D eigenvalue weighted by Crippen LogP contribution is -2.55. The Balaban J connectivity index is 0.00000243. The lowest BCUT2D eigenvalue weighted by molar-refractivity contribution is -0.120. The number of carbonyl (C=O) groups excluding carboxylic acids is 1. The van der Waals surface area contributed by atoms with Crippen LogP contribution in [0.1, 0.15) is 6.92 Å². The Morgan fingerprint density at radius 1 is 1.42 bits per heavy atom. The number of piperazine rings is 1. The molecule has 2 aliphatic rings. The molecule has 0 aromatic carbocycles. The van der Waals surface area contributed by atoms with Crippen molar-refractivity contribution >= 4 is 41.5 Å². The molecule has 3 rings (SSSR count). The number of rotatable bonds is 4. The van der Waals surface area contributed by atoms with Gasteiger partial charge in [0.15, 0.2) is 5.96 Å². The summed E-state index contributed by atoms with van der Waals surface area (Å²) in [5.74, 6) is 0.790. The van der Waals surface area contributed by atoms with E-state index < -0.39 is 0 Å². The third kappa shape index (κ3) is 5.30. The van der Waals surface area contributed by atoms with E-state index in [0.29, 0.717) is 46.0 Å². The zero-order valence-corrected chi connectivity index (χ0v) is 17.6. The van der Waals surface area contributed by atoms with Crippen LogP contribution in [0.25, 0.3) is 0 Å². The predicted octanol–water partition coefficient (Wildman–Crippen LogP) is 0.0676. The van der Waals surface area contributed by atoms with Gasteiger partial charge in [0, 0.05) is 32.9 Å². The molecule has 0 aliphatic carbocycles. The number of halogens is 1. The van der Waals surface area contributed by atoms with Crippen LogP contribution in [0.15, 0.2) is 17.4 Å². The van der Waals surface area contributed by atoms with Gasteiger partial charge in [-0.25, -0.2) is 0 Å². The van der Waals surface area contributed by atoms with Crippen molar-refractivity contribution in [3.8, 4) is 0 Å². The van der Waals surface area contributed by atoms with Crippen LogP contribution in [0, 0.1) is 0 Å². The largest absolute Gasteiger partial charge is 0.376 e. The summed E-state index contributed by atoms with van der Waals surface area (Å²) in [6.45, 7) is 6.73. The summed E-state index contributed by atoms with van der Waals surface area (Å²) in [4.78, 5) is 20.9. The summed E-state index contributed by atoms with van der Waals surface area (Å²) in [5.41, 5.74) is 0.835. The molecule has 1 amide bonds. The number of aliphatic imine (C=N–C) groups is 1. The van der Waals surface area contributed by atoms with Gasteiger partial charge in [0.05, 0.1) is 38.2 Å². The Morgan fingerprint density at radius 3 is 2.88 bits per heavy atom. The summed E-state index contributed by atoms with van der Waals surface area (Å²) in [7, 11) is 1.84. The molecule has 1 atom stereocenters. The second-order valence-corrected chi connectivity index (χ2v) is 6.10. The highest BCUT2D eigenvalue weighted by Crippen LogP contribution is 2.16. The lowest BCUT2D eigenvalue weighted by atomic mass is 10.3. The fourth-order valence-electron chi connectivity index (χ4n) is 2.93. The molecular weight excluding hydrogens is 451 g/mol. The third-order valence-electron chi connectivity index (χ3n) is 4.19. The van der Waals surface area contributed by atoms with Gasteiger partial charge in [-0.1, -0.05) is 0 Å². The minimum absolute atomic E-state index is 0. The van der Waals surface area contributed by atoms with Crippen LogP contribution >= 0.6 is 24.0 Å². The Kier molecular flexibility index (Phi) is 8.10. The molecule has 1 aromatic heterocycles. The zero-order chi connectivity index (χ0) is 17.6. The van der Waals surface area contributed by atoms with Crippen LogP contribution in [0.3, 0.4) is 0 Å². The number of aryl methyl sites for hydroxylation is 1. The number of ether oxygens (including phenoxy) is 2. The molecule has 0 radical (unpaired) electrons. The number of nitrogens with one attached hydrogen (secondary N) is 1. The predicted molar refractivity (Wildman–Crippen MR) is 109 cm³/mol. The molecule has 2 aliphatic heterocycles. The van der Waals surface area contributed by atoms with E-state index in [0.717, 1.165) is 18.2 Å². The van der Waals surface area contributed by atoms with E-state index in [2.05, 4.69) is 15.4 Å². The highest BCUT2D eigenvalue weighted by molar-refractivity contribution is 14.0. The first-order valence-corrected chi connectivity index (χ1v) is 8.69. The van der Waals surface area contributed by atoms with Crippen molar-refractivity contribution in [3.63, 3.8) is 0 Å². The molecular formula is C16H27IN6O3. The van der Waals surface area contributed by atoms with Crippen LogP contribution in [0.4, 0.5) is 5.69 Å². The highest BCUT2D eigenvalue weighted by atomic mass is 127. The van der Waals surface area contributed by atoms with Gasteiger partial charge in [0.2, 0.25) is 5.91 Å². The third-order valence-corrected chi connectivity index (χ3v) is 4.19. The molecule has 2 saturated heterocycles. The van der Waals surface area contributed by atoms with Crippen LogP contribution in [-0.4, -0.2) is 85.2 Å². The molecule has 1 unspecified atom stereocenters. The highest BCUT2D eigenvalue weighted by Gasteiger charge is 2.28. The van der Waals surface area contributed by atoms with Crippen molar-refractivity contribution in [1.82, 2.24) is 20.0 Å². The number of hydrogen-bond acceptors (Lipinski definition) is 5. The molecule has 1 aromatic rings. The van der Waals surface area contributed by atoms with Crippen molar-refractivity contribution in [1.29, 1.82) is 0 Å². The maximum atomic E-state index is 12.5. The summed E-state index contributed by atoms with van der Waals surface area (Å²) in [6, 6.07) is 0.